The molecule has 0 saturated heterocycles. The topological polar surface area (TPSA) is 103 Å². The predicted molar refractivity (Wildman–Crippen MR) is 127 cm³/mol. The van der Waals surface area contributed by atoms with E-state index in [1.54, 1.807) is 24.3 Å². The number of hydrogen-bond donors (Lipinski definition) is 2. The number of nitrogens with one attached hydrogen (secondary N) is 2. The first-order valence-corrected chi connectivity index (χ1v) is 10.9. The highest BCUT2D eigenvalue weighted by Crippen LogP contribution is 2.29. The zero-order chi connectivity index (χ0) is 22.8. The van der Waals surface area contributed by atoms with E-state index in [1.807, 2.05) is 0 Å². The maximum absolute atomic E-state index is 12.8. The Bertz CT molecular complexity index is 955. The number of nitro groups is 1. The minimum absolute atomic E-state index is 0.0767. The first-order valence-electron chi connectivity index (χ1n) is 9.72. The molecule has 0 aliphatic rings. The van der Waals surface area contributed by atoms with Gasteiger partial charge in [-0.05, 0) is 49.0 Å². The molecule has 31 heavy (non-hydrogen) atoms. The smallest absolute Gasteiger partial charge is 0.296 e. The third-order valence-corrected chi connectivity index (χ3v) is 5.02. The summed E-state index contributed by atoms with van der Waals surface area (Å²) in [6.07, 6.45) is 4.21. The van der Waals surface area contributed by atoms with Crippen LogP contribution in [0.2, 0.25) is 0 Å². The normalized spacial score (nSPS) is 10.3. The van der Waals surface area contributed by atoms with Gasteiger partial charge in [0.15, 0.2) is 5.11 Å². The first kappa shape index (κ1) is 24.5. The van der Waals surface area contributed by atoms with Gasteiger partial charge in [-0.25, -0.2) is 0 Å². The minimum atomic E-state index is -0.561. The van der Waals surface area contributed by atoms with Gasteiger partial charge in [-0.1, -0.05) is 42.1 Å². The number of methoxy groups -OCH3 is 1. The third-order valence-electron chi connectivity index (χ3n) is 4.32. The van der Waals surface area contributed by atoms with Gasteiger partial charge in [0.25, 0.3) is 11.6 Å². The molecule has 0 fully saturated rings. The summed E-state index contributed by atoms with van der Waals surface area (Å²) < 4.78 is 11.5. The van der Waals surface area contributed by atoms with E-state index in [2.05, 4.69) is 33.5 Å². The van der Waals surface area contributed by atoms with Crippen LogP contribution in [0.1, 0.15) is 43.0 Å². The predicted octanol–water partition coefficient (Wildman–Crippen LogP) is 5.45. The maximum atomic E-state index is 12.8. The molecule has 0 aromatic heterocycles. The lowest BCUT2D eigenvalue weighted by molar-refractivity contribution is -0.384. The van der Waals surface area contributed by atoms with Gasteiger partial charge in [0, 0.05) is 4.47 Å². The lowest BCUT2D eigenvalue weighted by atomic mass is 10.2. The summed E-state index contributed by atoms with van der Waals surface area (Å²) in [6, 6.07) is 9.41. The van der Waals surface area contributed by atoms with Crippen LogP contribution in [0.15, 0.2) is 40.9 Å². The Hall–Kier alpha value is -2.72. The molecule has 0 saturated carbocycles. The second-order valence-electron chi connectivity index (χ2n) is 6.60. The summed E-state index contributed by atoms with van der Waals surface area (Å²) >= 11 is 8.54. The quantitative estimate of drug-likeness (QED) is 0.190. The zero-order valence-electron chi connectivity index (χ0n) is 17.3. The number of rotatable bonds is 10. The van der Waals surface area contributed by atoms with E-state index in [0.29, 0.717) is 28.1 Å². The Labute approximate surface area is 194 Å². The van der Waals surface area contributed by atoms with Crippen molar-refractivity contribution in [2.24, 2.45) is 0 Å². The van der Waals surface area contributed by atoms with E-state index in [9.17, 15) is 14.9 Å². The van der Waals surface area contributed by atoms with Crippen molar-refractivity contribution < 1.29 is 19.2 Å². The Kier molecular flexibility index (Phi) is 9.67. The number of carbonyl (C=O) groups excluding carboxylic acids is 1. The minimum Gasteiger partial charge on any atom is -0.496 e. The summed E-state index contributed by atoms with van der Waals surface area (Å²) in [4.78, 5) is 23.5. The summed E-state index contributed by atoms with van der Waals surface area (Å²) in [5, 5.41) is 16.5. The Balaban J connectivity index is 2.08. The number of unbranched alkanes of at least 4 members (excludes halogenated alkanes) is 3. The summed E-state index contributed by atoms with van der Waals surface area (Å²) in [5.74, 6) is 0.288. The lowest BCUT2D eigenvalue weighted by Gasteiger charge is -2.14. The van der Waals surface area contributed by atoms with Crippen molar-refractivity contribution in [1.29, 1.82) is 0 Å². The molecule has 2 N–H and O–H groups in total. The number of thiocarbonyl (C=S) groups is 1. The van der Waals surface area contributed by atoms with E-state index < -0.39 is 10.8 Å². The number of amides is 1. The van der Waals surface area contributed by atoms with Crippen LogP contribution in [0.3, 0.4) is 0 Å². The molecule has 0 spiro atoms. The Morgan fingerprint density at radius 3 is 2.65 bits per heavy atom. The largest absolute Gasteiger partial charge is 0.496 e. The van der Waals surface area contributed by atoms with Crippen molar-refractivity contribution in [1.82, 2.24) is 5.32 Å². The second kappa shape index (κ2) is 12.2. The first-order chi connectivity index (χ1) is 14.8. The summed E-state index contributed by atoms with van der Waals surface area (Å²) in [5.41, 5.74) is 0.213. The molecular formula is C21H24BrN3O5S. The fraction of sp³-hybridized carbons (Fsp3) is 0.333. The van der Waals surface area contributed by atoms with Crippen molar-refractivity contribution in [3.8, 4) is 11.5 Å². The van der Waals surface area contributed by atoms with Crippen LogP contribution < -0.4 is 20.1 Å². The van der Waals surface area contributed by atoms with Crippen LogP contribution >= 0.6 is 28.1 Å². The number of nitrogens with zero attached hydrogens (tertiary/aromatic N) is 1. The van der Waals surface area contributed by atoms with E-state index >= 15 is 0 Å². The molecule has 2 aromatic carbocycles. The zero-order valence-corrected chi connectivity index (χ0v) is 19.7. The molecule has 2 aromatic rings. The van der Waals surface area contributed by atoms with Crippen LogP contribution in [-0.2, 0) is 0 Å². The van der Waals surface area contributed by atoms with Crippen molar-refractivity contribution in [2.75, 3.05) is 19.0 Å². The van der Waals surface area contributed by atoms with E-state index in [1.165, 1.54) is 19.2 Å². The van der Waals surface area contributed by atoms with Gasteiger partial charge >= 0.3 is 0 Å². The Morgan fingerprint density at radius 1 is 1.19 bits per heavy atom. The molecule has 166 valence electrons. The van der Waals surface area contributed by atoms with Gasteiger partial charge in [-0.2, -0.15) is 0 Å². The maximum Gasteiger partial charge on any atom is 0.296 e. The number of benzene rings is 2. The highest BCUT2D eigenvalue weighted by molar-refractivity contribution is 9.10. The molecule has 2 rings (SSSR count). The molecule has 1 amide bonds. The number of nitro benzene ring substituents is 1. The van der Waals surface area contributed by atoms with Gasteiger partial charge in [0.2, 0.25) is 0 Å². The van der Waals surface area contributed by atoms with E-state index in [4.69, 9.17) is 21.7 Å². The van der Waals surface area contributed by atoms with Gasteiger partial charge < -0.3 is 14.8 Å². The average Bonchev–Trinajstić information content (AvgIpc) is 2.74. The lowest BCUT2D eigenvalue weighted by Crippen LogP contribution is -2.34. The Morgan fingerprint density at radius 2 is 1.97 bits per heavy atom. The number of carbonyl (C=O) groups is 1. The van der Waals surface area contributed by atoms with Crippen molar-refractivity contribution in [2.45, 2.75) is 32.6 Å². The second-order valence-corrected chi connectivity index (χ2v) is 7.92. The van der Waals surface area contributed by atoms with Crippen LogP contribution in [0, 0.1) is 10.1 Å². The fourth-order valence-electron chi connectivity index (χ4n) is 2.74. The van der Waals surface area contributed by atoms with Crippen molar-refractivity contribution >= 4 is 50.5 Å². The molecule has 0 atom stereocenters. The molecular weight excluding hydrogens is 486 g/mol. The molecule has 0 aliphatic heterocycles. The third kappa shape index (κ3) is 7.48. The molecule has 0 unspecified atom stereocenters. The van der Waals surface area contributed by atoms with Gasteiger partial charge in [0.05, 0.1) is 30.3 Å². The van der Waals surface area contributed by atoms with E-state index in [0.717, 1.165) is 25.7 Å². The van der Waals surface area contributed by atoms with Crippen LogP contribution in [0.4, 0.5) is 11.4 Å². The monoisotopic (exact) mass is 509 g/mol. The fourth-order valence-corrected chi connectivity index (χ4v) is 3.30. The highest BCUT2D eigenvalue weighted by Gasteiger charge is 2.19. The average molecular weight is 510 g/mol. The number of hydrogen-bond acceptors (Lipinski definition) is 6. The van der Waals surface area contributed by atoms with Gasteiger partial charge in [-0.15, -0.1) is 0 Å². The molecule has 0 radical (unpaired) electrons. The summed E-state index contributed by atoms with van der Waals surface area (Å²) in [6.45, 7) is 2.64. The van der Waals surface area contributed by atoms with Crippen molar-refractivity contribution in [3.05, 3.63) is 56.5 Å². The number of halogens is 1. The van der Waals surface area contributed by atoms with Crippen molar-refractivity contribution in [3.63, 3.8) is 0 Å². The molecule has 0 heterocycles. The number of anilines is 1. The SMILES string of the molecule is CCCCCCOc1ccc(Br)cc1C(=O)NC(=S)Nc1ccc(OC)cc1[N+](=O)[O-]. The van der Waals surface area contributed by atoms with Gasteiger partial charge in [-0.3, -0.25) is 20.2 Å². The highest BCUT2D eigenvalue weighted by atomic mass is 79.9. The molecule has 0 aliphatic carbocycles. The van der Waals surface area contributed by atoms with Gasteiger partial charge in [0.1, 0.15) is 17.2 Å². The number of ether oxygens (including phenoxy) is 2. The molecule has 0 bridgehead atoms. The van der Waals surface area contributed by atoms with Crippen LogP contribution in [-0.4, -0.2) is 29.7 Å². The van der Waals surface area contributed by atoms with Crippen LogP contribution in [0.25, 0.3) is 0 Å². The van der Waals surface area contributed by atoms with E-state index in [-0.39, 0.29) is 16.5 Å². The standard InChI is InChI=1S/C21H24BrN3O5S/c1-3-4-5-6-11-30-19-10-7-14(22)12-16(19)20(26)24-21(31)23-17-9-8-15(29-2)13-18(17)25(27)28/h7-10,12-13H,3-6,11H2,1-2H3,(H2,23,24,26,31). The molecule has 10 heteroatoms. The molecule has 8 nitrogen and oxygen atoms in total. The summed E-state index contributed by atoms with van der Waals surface area (Å²) in [7, 11) is 1.42. The van der Waals surface area contributed by atoms with Crippen LogP contribution in [0.5, 0.6) is 11.5 Å².